The highest BCUT2D eigenvalue weighted by Gasteiger charge is 2.30. The van der Waals surface area contributed by atoms with Crippen LogP contribution in [0.2, 0.25) is 0 Å². The molecule has 4 unspecified atom stereocenters. The van der Waals surface area contributed by atoms with E-state index in [4.69, 9.17) is 21.7 Å². The van der Waals surface area contributed by atoms with Gasteiger partial charge in [-0.2, -0.15) is 0 Å². The fraction of sp³-hybridized carbons (Fsp3) is 0.400. The predicted molar refractivity (Wildman–Crippen MR) is 113 cm³/mol. The molecule has 180 valence electrons. The molecule has 1 rings (SSSR count). The number of benzene rings is 1. The van der Waals surface area contributed by atoms with Crippen LogP contribution in [0, 0.1) is 0 Å². The Kier molecular flexibility index (Phi) is 10.5. The molecule has 0 heterocycles. The van der Waals surface area contributed by atoms with Gasteiger partial charge in [0.25, 0.3) is 0 Å². The standard InChI is InChI=1S/C20H27N5O8/c1-10(23-18(30)12(21)7-11-5-3-2-4-6-11)17(29)24-13(9-16(27)28)19(31)25-14(20(32)33)8-15(22)26/h2-6,10,12-14H,7-9,21H2,1H3,(H2,22,26)(H,23,30)(H,24,29)(H,25,31)(H,27,28)(H,32,33). The molecule has 13 heteroatoms. The Hall–Kier alpha value is -4.00. The monoisotopic (exact) mass is 465 g/mol. The number of carboxylic acids is 2. The normalized spacial score (nSPS) is 14.1. The van der Waals surface area contributed by atoms with Gasteiger partial charge in [0, 0.05) is 0 Å². The lowest BCUT2D eigenvalue weighted by Gasteiger charge is -2.22. The van der Waals surface area contributed by atoms with Crippen LogP contribution < -0.4 is 27.4 Å². The van der Waals surface area contributed by atoms with E-state index in [-0.39, 0.29) is 6.42 Å². The Labute approximate surface area is 188 Å². The van der Waals surface area contributed by atoms with Crippen molar-refractivity contribution < 1.29 is 39.0 Å². The van der Waals surface area contributed by atoms with Crippen molar-refractivity contribution >= 4 is 35.6 Å². The topological polar surface area (TPSA) is 231 Å². The van der Waals surface area contributed by atoms with E-state index in [1.54, 1.807) is 30.3 Å². The number of hydrogen-bond donors (Lipinski definition) is 7. The van der Waals surface area contributed by atoms with E-state index in [0.29, 0.717) is 0 Å². The maximum Gasteiger partial charge on any atom is 0.326 e. The summed E-state index contributed by atoms with van der Waals surface area (Å²) in [6.45, 7) is 1.30. The van der Waals surface area contributed by atoms with Crippen LogP contribution in [0.5, 0.6) is 0 Å². The maximum atomic E-state index is 12.4. The molecule has 0 radical (unpaired) electrons. The van der Waals surface area contributed by atoms with Crippen LogP contribution in [-0.2, 0) is 35.2 Å². The number of carbonyl (C=O) groups is 6. The van der Waals surface area contributed by atoms with Gasteiger partial charge in [-0.15, -0.1) is 0 Å². The van der Waals surface area contributed by atoms with Crippen molar-refractivity contribution in [3.8, 4) is 0 Å². The Morgan fingerprint density at radius 2 is 1.42 bits per heavy atom. The molecule has 33 heavy (non-hydrogen) atoms. The molecule has 0 aliphatic heterocycles. The van der Waals surface area contributed by atoms with E-state index in [1.807, 2.05) is 5.32 Å². The van der Waals surface area contributed by atoms with Gasteiger partial charge in [0.05, 0.1) is 18.9 Å². The number of rotatable bonds is 13. The van der Waals surface area contributed by atoms with Crippen LogP contribution >= 0.6 is 0 Å². The molecule has 1 aromatic rings. The highest BCUT2D eigenvalue weighted by atomic mass is 16.4. The highest BCUT2D eigenvalue weighted by molar-refractivity contribution is 5.96. The minimum absolute atomic E-state index is 0.210. The number of nitrogens with two attached hydrogens (primary N) is 2. The summed E-state index contributed by atoms with van der Waals surface area (Å²) in [5, 5.41) is 24.6. The highest BCUT2D eigenvalue weighted by Crippen LogP contribution is 2.03. The Morgan fingerprint density at radius 3 is 1.94 bits per heavy atom. The molecule has 4 amide bonds. The summed E-state index contributed by atoms with van der Waals surface area (Å²) in [5.74, 6) is -6.75. The lowest BCUT2D eigenvalue weighted by molar-refractivity contribution is -0.144. The number of amides is 4. The van der Waals surface area contributed by atoms with E-state index in [1.165, 1.54) is 6.92 Å². The van der Waals surface area contributed by atoms with Crippen molar-refractivity contribution in [2.45, 2.75) is 50.4 Å². The third-order valence-corrected chi connectivity index (χ3v) is 4.42. The number of carboxylic acid groups (broad SMARTS) is 2. The summed E-state index contributed by atoms with van der Waals surface area (Å²) in [6, 6.07) is 3.37. The molecule has 4 atom stereocenters. The fourth-order valence-electron chi connectivity index (χ4n) is 2.70. The largest absolute Gasteiger partial charge is 0.481 e. The first-order valence-electron chi connectivity index (χ1n) is 9.84. The molecular weight excluding hydrogens is 438 g/mol. The molecule has 13 nitrogen and oxygen atoms in total. The molecule has 0 saturated heterocycles. The second-order valence-corrected chi connectivity index (χ2v) is 7.26. The minimum atomic E-state index is -1.71. The second kappa shape index (κ2) is 12.8. The lowest BCUT2D eigenvalue weighted by Crippen LogP contribution is -2.57. The van der Waals surface area contributed by atoms with Crippen molar-refractivity contribution in [2.75, 3.05) is 0 Å². The molecule has 0 aliphatic rings. The van der Waals surface area contributed by atoms with Gasteiger partial charge in [0.15, 0.2) is 0 Å². The SMILES string of the molecule is CC(NC(=O)C(N)Cc1ccccc1)C(=O)NC(CC(=O)O)C(=O)NC(CC(N)=O)C(=O)O. The van der Waals surface area contributed by atoms with Crippen LogP contribution in [0.15, 0.2) is 30.3 Å². The van der Waals surface area contributed by atoms with Crippen LogP contribution in [0.4, 0.5) is 0 Å². The number of nitrogens with one attached hydrogen (secondary N) is 3. The van der Waals surface area contributed by atoms with E-state index in [2.05, 4.69) is 10.6 Å². The summed E-state index contributed by atoms with van der Waals surface area (Å²) < 4.78 is 0. The van der Waals surface area contributed by atoms with E-state index in [9.17, 15) is 28.8 Å². The molecule has 0 bridgehead atoms. The van der Waals surface area contributed by atoms with Crippen LogP contribution in [0.3, 0.4) is 0 Å². The number of hydrogen-bond acceptors (Lipinski definition) is 7. The van der Waals surface area contributed by atoms with E-state index in [0.717, 1.165) is 5.56 Å². The van der Waals surface area contributed by atoms with Crippen molar-refractivity contribution in [2.24, 2.45) is 11.5 Å². The van der Waals surface area contributed by atoms with Crippen LogP contribution in [0.1, 0.15) is 25.3 Å². The van der Waals surface area contributed by atoms with E-state index < -0.39 is 72.6 Å². The average molecular weight is 465 g/mol. The van der Waals surface area contributed by atoms with Gasteiger partial charge < -0.3 is 37.6 Å². The minimum Gasteiger partial charge on any atom is -0.481 e. The molecule has 0 aliphatic carbocycles. The summed E-state index contributed by atoms with van der Waals surface area (Å²) in [4.78, 5) is 70.3. The summed E-state index contributed by atoms with van der Waals surface area (Å²) in [6.07, 6.45) is -1.41. The molecule has 9 N–H and O–H groups in total. The summed E-state index contributed by atoms with van der Waals surface area (Å²) in [5.41, 5.74) is 11.6. The number of aliphatic carboxylic acids is 2. The van der Waals surface area contributed by atoms with Gasteiger partial charge in [-0.25, -0.2) is 4.79 Å². The van der Waals surface area contributed by atoms with Gasteiger partial charge >= 0.3 is 11.9 Å². The zero-order valence-electron chi connectivity index (χ0n) is 17.8. The molecule has 0 spiro atoms. The first-order chi connectivity index (χ1) is 15.4. The van der Waals surface area contributed by atoms with Crippen molar-refractivity contribution in [1.29, 1.82) is 0 Å². The Balaban J connectivity index is 2.76. The molecule has 1 aromatic carbocycles. The van der Waals surface area contributed by atoms with Crippen molar-refractivity contribution in [3.63, 3.8) is 0 Å². The first-order valence-corrected chi connectivity index (χ1v) is 9.84. The van der Waals surface area contributed by atoms with Gasteiger partial charge in [0.1, 0.15) is 18.1 Å². The quantitative estimate of drug-likeness (QED) is 0.162. The fourth-order valence-corrected chi connectivity index (χ4v) is 2.70. The number of carbonyl (C=O) groups excluding carboxylic acids is 4. The smallest absolute Gasteiger partial charge is 0.326 e. The first kappa shape index (κ1) is 27.0. The zero-order chi connectivity index (χ0) is 25.1. The van der Waals surface area contributed by atoms with Crippen LogP contribution in [-0.4, -0.2) is 69.9 Å². The maximum absolute atomic E-state index is 12.4. The molecule has 0 fully saturated rings. The third kappa shape index (κ3) is 9.78. The molecule has 0 saturated carbocycles. The predicted octanol–water partition coefficient (Wildman–Crippen LogP) is -2.53. The van der Waals surface area contributed by atoms with Gasteiger partial charge in [-0.1, -0.05) is 30.3 Å². The lowest BCUT2D eigenvalue weighted by atomic mass is 10.1. The Bertz CT molecular complexity index is 892. The zero-order valence-corrected chi connectivity index (χ0v) is 17.8. The summed E-state index contributed by atoms with van der Waals surface area (Å²) >= 11 is 0. The van der Waals surface area contributed by atoms with E-state index >= 15 is 0 Å². The van der Waals surface area contributed by atoms with Gasteiger partial charge in [-0.3, -0.25) is 24.0 Å². The van der Waals surface area contributed by atoms with Crippen LogP contribution in [0.25, 0.3) is 0 Å². The number of primary amides is 1. The second-order valence-electron chi connectivity index (χ2n) is 7.26. The molecular formula is C20H27N5O8. The third-order valence-electron chi connectivity index (χ3n) is 4.42. The van der Waals surface area contributed by atoms with Gasteiger partial charge in [-0.05, 0) is 18.9 Å². The average Bonchev–Trinajstić information content (AvgIpc) is 2.72. The van der Waals surface area contributed by atoms with Gasteiger partial charge in [0.2, 0.25) is 23.6 Å². The Morgan fingerprint density at radius 1 is 0.848 bits per heavy atom. The molecule has 0 aromatic heterocycles. The van der Waals surface area contributed by atoms with Crippen molar-refractivity contribution in [1.82, 2.24) is 16.0 Å². The summed E-state index contributed by atoms with van der Waals surface area (Å²) in [7, 11) is 0. The van der Waals surface area contributed by atoms with Crippen molar-refractivity contribution in [3.05, 3.63) is 35.9 Å².